The molecule has 0 atom stereocenters. The topological polar surface area (TPSA) is 12.0 Å². The van der Waals surface area contributed by atoms with Gasteiger partial charge in [-0.05, 0) is 36.6 Å². The van der Waals surface area contributed by atoms with E-state index in [0.29, 0.717) is 10.8 Å². The van der Waals surface area contributed by atoms with Crippen LogP contribution in [0.3, 0.4) is 0 Å². The third-order valence-electron chi connectivity index (χ3n) is 2.77. The van der Waals surface area contributed by atoms with Crippen LogP contribution in [0, 0.1) is 10.8 Å². The van der Waals surface area contributed by atoms with E-state index in [0.717, 1.165) is 0 Å². The first-order valence-electron chi connectivity index (χ1n) is 6.12. The normalized spacial score (nSPS) is 25.3. The second-order valence-electron chi connectivity index (χ2n) is 5.79. The Morgan fingerprint density at radius 3 is 2.07 bits per heavy atom. The van der Waals surface area contributed by atoms with Crippen LogP contribution in [0.2, 0.25) is 0 Å². The molecule has 1 heteroatoms. The lowest BCUT2D eigenvalue weighted by atomic mass is 9.72. The Kier molecular flexibility index (Phi) is 5.73. The summed E-state index contributed by atoms with van der Waals surface area (Å²) in [6.45, 7) is 15.9. The first-order chi connectivity index (χ1) is 6.41. The molecule has 0 aromatic rings. The van der Waals surface area contributed by atoms with Crippen LogP contribution in [0.1, 0.15) is 60.8 Å². The van der Waals surface area contributed by atoms with Crippen molar-refractivity contribution in [3.8, 4) is 0 Å². The summed E-state index contributed by atoms with van der Waals surface area (Å²) in [6.07, 6.45) is 4.04. The number of hydrogen-bond donors (Lipinski definition) is 1. The van der Waals surface area contributed by atoms with E-state index >= 15 is 0 Å². The smallest absolute Gasteiger partial charge is 0.000272 e. The Labute approximate surface area is 90.7 Å². The lowest BCUT2D eigenvalue weighted by Crippen LogP contribution is -2.37. The molecule has 0 saturated carbocycles. The highest BCUT2D eigenvalue weighted by atomic mass is 14.9. The van der Waals surface area contributed by atoms with E-state index in [1.807, 2.05) is 13.8 Å². The van der Waals surface area contributed by atoms with Crippen molar-refractivity contribution in [2.45, 2.75) is 60.8 Å². The summed E-state index contributed by atoms with van der Waals surface area (Å²) in [5.41, 5.74) is 1.02. The van der Waals surface area contributed by atoms with Gasteiger partial charge >= 0.3 is 0 Å². The molecule has 86 valence electrons. The van der Waals surface area contributed by atoms with Gasteiger partial charge in [0.1, 0.15) is 0 Å². The van der Waals surface area contributed by atoms with Gasteiger partial charge in [0.15, 0.2) is 0 Å². The van der Waals surface area contributed by atoms with Crippen molar-refractivity contribution in [3.05, 3.63) is 0 Å². The van der Waals surface area contributed by atoms with Crippen molar-refractivity contribution in [1.82, 2.24) is 5.32 Å². The fraction of sp³-hybridized carbons (Fsp3) is 1.00. The minimum atomic E-state index is 0.476. The number of nitrogens with one attached hydrogen (secondary N) is 1. The van der Waals surface area contributed by atoms with E-state index in [9.17, 15) is 0 Å². The molecule has 1 aliphatic heterocycles. The van der Waals surface area contributed by atoms with Gasteiger partial charge in [-0.25, -0.2) is 0 Å². The van der Waals surface area contributed by atoms with Crippen LogP contribution >= 0.6 is 0 Å². The predicted molar refractivity (Wildman–Crippen MR) is 65.6 cm³/mol. The average molecular weight is 199 g/mol. The molecule has 0 unspecified atom stereocenters. The minimum Gasteiger partial charge on any atom is -0.316 e. The average Bonchev–Trinajstić information content (AvgIpc) is 2.03. The van der Waals surface area contributed by atoms with Gasteiger partial charge in [-0.1, -0.05) is 41.5 Å². The van der Waals surface area contributed by atoms with Crippen LogP contribution in [0.15, 0.2) is 0 Å². The van der Waals surface area contributed by atoms with Gasteiger partial charge in [0.05, 0.1) is 0 Å². The van der Waals surface area contributed by atoms with Crippen LogP contribution in [-0.2, 0) is 0 Å². The van der Waals surface area contributed by atoms with Crippen molar-refractivity contribution in [2.24, 2.45) is 10.8 Å². The fourth-order valence-corrected chi connectivity index (χ4v) is 2.57. The van der Waals surface area contributed by atoms with E-state index in [4.69, 9.17) is 0 Å². The summed E-state index contributed by atoms with van der Waals surface area (Å²) in [5, 5.41) is 3.52. The Morgan fingerprint density at radius 2 is 1.50 bits per heavy atom. The first-order valence-corrected chi connectivity index (χ1v) is 6.12. The maximum atomic E-state index is 3.52. The molecule has 1 rings (SSSR count). The van der Waals surface area contributed by atoms with Crippen LogP contribution in [-0.4, -0.2) is 13.1 Å². The van der Waals surface area contributed by atoms with Crippen molar-refractivity contribution in [1.29, 1.82) is 0 Å². The predicted octanol–water partition coefficient (Wildman–Crippen LogP) is 3.84. The van der Waals surface area contributed by atoms with Crippen LogP contribution in [0.5, 0.6) is 0 Å². The molecule has 0 bridgehead atoms. The van der Waals surface area contributed by atoms with E-state index in [-0.39, 0.29) is 0 Å². The lowest BCUT2D eigenvalue weighted by molar-refractivity contribution is 0.159. The van der Waals surface area contributed by atoms with Crippen molar-refractivity contribution in [3.63, 3.8) is 0 Å². The molecule has 1 saturated heterocycles. The zero-order valence-electron chi connectivity index (χ0n) is 11.0. The molecule has 1 N–H and O–H groups in total. The third-order valence-corrected chi connectivity index (χ3v) is 2.77. The molecular weight excluding hydrogens is 170 g/mol. The highest BCUT2D eigenvalue weighted by molar-refractivity contribution is 4.83. The molecule has 1 aliphatic rings. The molecule has 14 heavy (non-hydrogen) atoms. The number of hydrogen-bond acceptors (Lipinski definition) is 1. The van der Waals surface area contributed by atoms with Gasteiger partial charge in [0.2, 0.25) is 0 Å². The second kappa shape index (κ2) is 5.75. The van der Waals surface area contributed by atoms with Crippen LogP contribution in [0.4, 0.5) is 0 Å². The second-order valence-corrected chi connectivity index (χ2v) is 5.79. The quantitative estimate of drug-likeness (QED) is 0.625. The molecule has 0 spiro atoms. The largest absolute Gasteiger partial charge is 0.316 e. The molecule has 0 amide bonds. The Morgan fingerprint density at radius 1 is 0.929 bits per heavy atom. The molecule has 1 nitrogen and oxygen atoms in total. The summed E-state index contributed by atoms with van der Waals surface area (Å²) in [7, 11) is 0. The van der Waals surface area contributed by atoms with E-state index in [1.165, 1.54) is 32.4 Å². The Bertz CT molecular complexity index is 131. The summed E-state index contributed by atoms with van der Waals surface area (Å²) >= 11 is 0. The van der Waals surface area contributed by atoms with Crippen LogP contribution in [0.25, 0.3) is 0 Å². The summed E-state index contributed by atoms with van der Waals surface area (Å²) in [5.74, 6) is 0. The Balaban J connectivity index is 0.000000791. The van der Waals surface area contributed by atoms with E-state index in [2.05, 4.69) is 33.0 Å². The zero-order chi connectivity index (χ0) is 11.2. The SMILES string of the molecule is CC.CC1(C)CCCNCC(C)(C)C1. The highest BCUT2D eigenvalue weighted by Crippen LogP contribution is 2.37. The van der Waals surface area contributed by atoms with Crippen LogP contribution < -0.4 is 5.32 Å². The molecule has 0 aromatic carbocycles. The molecule has 0 radical (unpaired) electrons. The van der Waals surface area contributed by atoms with E-state index < -0.39 is 0 Å². The van der Waals surface area contributed by atoms with Gasteiger partial charge in [-0.2, -0.15) is 0 Å². The van der Waals surface area contributed by atoms with E-state index in [1.54, 1.807) is 0 Å². The van der Waals surface area contributed by atoms with Gasteiger partial charge < -0.3 is 5.32 Å². The standard InChI is InChI=1S/C11H23N.C2H6/c1-10(2)6-5-7-12-9-11(3,4)8-10;1-2/h12H,5-9H2,1-4H3;1-2H3. The highest BCUT2D eigenvalue weighted by Gasteiger charge is 2.29. The maximum Gasteiger partial charge on any atom is 0.000272 e. The molecule has 1 heterocycles. The summed E-state index contributed by atoms with van der Waals surface area (Å²) in [6, 6.07) is 0. The molecular formula is C13H29N. The maximum absolute atomic E-state index is 3.52. The van der Waals surface area contributed by atoms with Gasteiger partial charge in [0, 0.05) is 6.54 Å². The van der Waals surface area contributed by atoms with Gasteiger partial charge in [0.25, 0.3) is 0 Å². The van der Waals surface area contributed by atoms with Crippen molar-refractivity contribution in [2.75, 3.05) is 13.1 Å². The van der Waals surface area contributed by atoms with Gasteiger partial charge in [-0.3, -0.25) is 0 Å². The first kappa shape index (κ1) is 14.0. The van der Waals surface area contributed by atoms with Gasteiger partial charge in [-0.15, -0.1) is 0 Å². The monoisotopic (exact) mass is 199 g/mol. The fourth-order valence-electron chi connectivity index (χ4n) is 2.57. The van der Waals surface area contributed by atoms with Crippen molar-refractivity contribution < 1.29 is 0 Å². The zero-order valence-corrected chi connectivity index (χ0v) is 11.0. The third kappa shape index (κ3) is 5.64. The molecule has 0 aliphatic carbocycles. The Hall–Kier alpha value is -0.0400. The summed E-state index contributed by atoms with van der Waals surface area (Å²) in [4.78, 5) is 0. The van der Waals surface area contributed by atoms with Crippen molar-refractivity contribution >= 4 is 0 Å². The summed E-state index contributed by atoms with van der Waals surface area (Å²) < 4.78 is 0. The molecule has 0 aromatic heterocycles. The number of rotatable bonds is 0. The lowest BCUT2D eigenvalue weighted by Gasteiger charge is -2.37. The molecule has 1 fully saturated rings. The minimum absolute atomic E-state index is 0.476.